The van der Waals surface area contributed by atoms with Gasteiger partial charge >= 0.3 is 0 Å². The first-order chi connectivity index (χ1) is 13.7. The molecule has 142 valence electrons. The Balaban J connectivity index is 2.04. The molecule has 0 fully saturated rings. The summed E-state index contributed by atoms with van der Waals surface area (Å²) in [6, 6.07) is 15.4. The van der Waals surface area contributed by atoms with Crippen LogP contribution < -0.4 is 0 Å². The Kier molecular flexibility index (Phi) is 7.25. The number of ether oxygens (including phenoxy) is 1. The molecule has 0 spiro atoms. The molecule has 3 aromatic rings. The van der Waals surface area contributed by atoms with Crippen molar-refractivity contribution in [3.8, 4) is 28.7 Å². The zero-order valence-corrected chi connectivity index (χ0v) is 16.9. The Bertz CT molecular complexity index is 992. The Hall–Kier alpha value is -2.60. The lowest BCUT2D eigenvalue weighted by Crippen LogP contribution is -2.07. The molecule has 0 N–H and O–H groups in total. The number of thioether (sulfide) groups is 1. The molecular weight excluding hydrogens is 392 g/mol. The van der Waals surface area contributed by atoms with Crippen LogP contribution in [0.15, 0.2) is 59.9 Å². The van der Waals surface area contributed by atoms with Gasteiger partial charge in [0.1, 0.15) is 16.7 Å². The van der Waals surface area contributed by atoms with Crippen LogP contribution in [0.4, 0.5) is 0 Å². The van der Waals surface area contributed by atoms with Crippen LogP contribution in [0, 0.1) is 11.3 Å². The van der Waals surface area contributed by atoms with Gasteiger partial charge in [0.15, 0.2) is 5.82 Å². The monoisotopic (exact) mass is 410 g/mol. The van der Waals surface area contributed by atoms with Gasteiger partial charge in [-0.2, -0.15) is 5.26 Å². The van der Waals surface area contributed by atoms with Gasteiger partial charge in [-0.25, -0.2) is 9.97 Å². The highest BCUT2D eigenvalue weighted by Gasteiger charge is 2.18. The van der Waals surface area contributed by atoms with E-state index in [0.29, 0.717) is 39.6 Å². The molecule has 0 amide bonds. The number of hydrogen-bond acceptors (Lipinski definition) is 7. The first kappa shape index (κ1) is 20.1. The van der Waals surface area contributed by atoms with E-state index in [9.17, 15) is 9.47 Å². The largest absolute Gasteiger partial charge is 0.384 e. The predicted molar refractivity (Wildman–Crippen MR) is 111 cm³/mol. The van der Waals surface area contributed by atoms with Crippen LogP contribution in [-0.4, -0.2) is 43.7 Å². The van der Waals surface area contributed by atoms with Gasteiger partial charge in [0.2, 0.25) is 0 Å². The molecule has 1 unspecified atom stereocenters. The van der Waals surface area contributed by atoms with Crippen LogP contribution in [0.1, 0.15) is 5.56 Å². The number of hydrogen-bond donors (Lipinski definition) is 0. The summed E-state index contributed by atoms with van der Waals surface area (Å²) < 4.78 is 17.1. The molecule has 0 aliphatic heterocycles. The topological polar surface area (TPSA) is 88.8 Å². The van der Waals surface area contributed by atoms with Gasteiger partial charge in [-0.1, -0.05) is 42.1 Å². The van der Waals surface area contributed by atoms with E-state index >= 15 is 0 Å². The summed E-state index contributed by atoms with van der Waals surface area (Å²) in [5.74, 6) is 0.924. The molecule has 0 saturated carbocycles. The van der Waals surface area contributed by atoms with Gasteiger partial charge in [-0.15, -0.1) is 0 Å². The Morgan fingerprint density at radius 3 is 2.61 bits per heavy atom. The van der Waals surface area contributed by atoms with Gasteiger partial charge in [-0.05, 0) is 12.1 Å². The fourth-order valence-corrected chi connectivity index (χ4v) is 4.67. The van der Waals surface area contributed by atoms with Gasteiger partial charge in [0.05, 0.1) is 17.4 Å². The minimum atomic E-state index is -1.08. The average molecular weight is 411 g/mol. The molecule has 1 aromatic carbocycles. The molecular formula is C20H18N4O2S2. The van der Waals surface area contributed by atoms with E-state index in [0.717, 1.165) is 11.1 Å². The van der Waals surface area contributed by atoms with Gasteiger partial charge in [0.25, 0.3) is 0 Å². The van der Waals surface area contributed by atoms with Crippen LogP contribution in [0.2, 0.25) is 0 Å². The lowest BCUT2D eigenvalue weighted by Gasteiger charge is -2.11. The van der Waals surface area contributed by atoms with Crippen LogP contribution in [0.5, 0.6) is 0 Å². The number of benzene rings is 1. The molecule has 0 aliphatic rings. The number of nitrogens with zero attached hydrogens (tertiary/aromatic N) is 4. The minimum Gasteiger partial charge on any atom is -0.384 e. The number of pyridine rings is 1. The highest BCUT2D eigenvalue weighted by Crippen LogP contribution is 2.31. The van der Waals surface area contributed by atoms with Crippen molar-refractivity contribution in [1.82, 2.24) is 15.0 Å². The van der Waals surface area contributed by atoms with Crippen molar-refractivity contribution in [2.75, 3.05) is 24.6 Å². The molecule has 2 aromatic heterocycles. The lowest BCUT2D eigenvalue weighted by molar-refractivity contribution is 0.218. The molecule has 0 aliphatic carbocycles. The zero-order valence-electron chi connectivity index (χ0n) is 15.2. The van der Waals surface area contributed by atoms with E-state index in [1.54, 1.807) is 19.5 Å². The van der Waals surface area contributed by atoms with Gasteiger partial charge in [0, 0.05) is 47.2 Å². The fourth-order valence-electron chi connectivity index (χ4n) is 2.43. The third kappa shape index (κ3) is 5.01. The van der Waals surface area contributed by atoms with E-state index in [1.165, 1.54) is 11.8 Å². The zero-order chi connectivity index (χ0) is 19.8. The number of methoxy groups -OCH3 is 1. The molecule has 0 bridgehead atoms. The molecule has 8 heteroatoms. The number of nitriles is 1. The summed E-state index contributed by atoms with van der Waals surface area (Å²) in [6.45, 7) is 0.429. The normalized spacial score (nSPS) is 11.7. The quantitative estimate of drug-likeness (QED) is 0.415. The van der Waals surface area contributed by atoms with Crippen LogP contribution in [0.3, 0.4) is 0 Å². The molecule has 6 nitrogen and oxygen atoms in total. The molecule has 1 atom stereocenters. The summed E-state index contributed by atoms with van der Waals surface area (Å²) >= 11 is 1.30. The standard InChI is InChI=1S/C20H18N4O2S2/c1-26-10-11-28(25)14-27-20-17(12-21)18(15-6-3-2-4-7-15)23-19(24-20)16-8-5-9-22-13-16/h2-9,13H,10-11,14H2,1H3. The first-order valence-electron chi connectivity index (χ1n) is 8.47. The van der Waals surface area contributed by atoms with E-state index in [2.05, 4.69) is 21.0 Å². The summed E-state index contributed by atoms with van der Waals surface area (Å²) in [5.41, 5.74) is 2.52. The Morgan fingerprint density at radius 2 is 1.93 bits per heavy atom. The third-order valence-electron chi connectivity index (χ3n) is 3.80. The third-order valence-corrected chi connectivity index (χ3v) is 6.51. The van der Waals surface area contributed by atoms with Crippen molar-refractivity contribution in [1.29, 1.82) is 5.26 Å². The summed E-state index contributed by atoms with van der Waals surface area (Å²) in [4.78, 5) is 13.3. The maximum atomic E-state index is 12.2. The molecule has 3 rings (SSSR count). The second-order valence-corrected chi connectivity index (χ2v) is 8.60. The SMILES string of the molecule is COCCS(=O)CSc1nc(-c2cccnc2)nc(-c2ccccc2)c1C#N. The van der Waals surface area contributed by atoms with E-state index in [-0.39, 0.29) is 0 Å². The molecule has 0 saturated heterocycles. The highest BCUT2D eigenvalue weighted by atomic mass is 32.2. The second kappa shape index (κ2) is 10.1. The summed E-state index contributed by atoms with van der Waals surface area (Å²) in [7, 11) is 0.501. The van der Waals surface area contributed by atoms with Crippen molar-refractivity contribution < 1.29 is 8.95 Å². The van der Waals surface area contributed by atoms with Crippen molar-refractivity contribution in [2.45, 2.75) is 5.03 Å². The van der Waals surface area contributed by atoms with Crippen LogP contribution in [-0.2, 0) is 15.5 Å². The molecule has 2 heterocycles. The van der Waals surface area contributed by atoms with Gasteiger partial charge in [-0.3, -0.25) is 9.19 Å². The Morgan fingerprint density at radius 1 is 1.14 bits per heavy atom. The lowest BCUT2D eigenvalue weighted by atomic mass is 10.1. The van der Waals surface area contributed by atoms with Crippen LogP contribution in [0.25, 0.3) is 22.6 Å². The van der Waals surface area contributed by atoms with Crippen molar-refractivity contribution in [2.24, 2.45) is 0 Å². The van der Waals surface area contributed by atoms with Crippen molar-refractivity contribution in [3.05, 3.63) is 60.4 Å². The summed E-state index contributed by atoms with van der Waals surface area (Å²) in [5, 5.41) is 10.6. The average Bonchev–Trinajstić information content (AvgIpc) is 2.76. The second-order valence-electron chi connectivity index (χ2n) is 5.69. The number of rotatable bonds is 8. The van der Waals surface area contributed by atoms with E-state index in [1.807, 2.05) is 42.5 Å². The molecule has 28 heavy (non-hydrogen) atoms. The van der Waals surface area contributed by atoms with E-state index in [4.69, 9.17) is 4.74 Å². The molecule has 0 radical (unpaired) electrons. The maximum absolute atomic E-state index is 12.2. The Labute approximate surface area is 170 Å². The van der Waals surface area contributed by atoms with Crippen molar-refractivity contribution >= 4 is 22.6 Å². The van der Waals surface area contributed by atoms with Crippen LogP contribution >= 0.6 is 11.8 Å². The highest BCUT2D eigenvalue weighted by molar-refractivity contribution is 8.10. The first-order valence-corrected chi connectivity index (χ1v) is 10.9. The minimum absolute atomic E-state index is 0.329. The van der Waals surface area contributed by atoms with Crippen molar-refractivity contribution in [3.63, 3.8) is 0 Å². The smallest absolute Gasteiger partial charge is 0.162 e. The number of aromatic nitrogens is 3. The fraction of sp³-hybridized carbons (Fsp3) is 0.200. The predicted octanol–water partition coefficient (Wildman–Crippen LogP) is 3.52. The van der Waals surface area contributed by atoms with E-state index < -0.39 is 10.8 Å². The summed E-state index contributed by atoms with van der Waals surface area (Å²) in [6.07, 6.45) is 3.36. The van der Waals surface area contributed by atoms with Gasteiger partial charge < -0.3 is 4.74 Å². The maximum Gasteiger partial charge on any atom is 0.162 e.